The summed E-state index contributed by atoms with van der Waals surface area (Å²) in [6.45, 7) is 2.07. The van der Waals surface area contributed by atoms with E-state index in [1.807, 2.05) is 0 Å². The Morgan fingerprint density at radius 1 is 1.15 bits per heavy atom. The van der Waals surface area contributed by atoms with Gasteiger partial charge in [0.15, 0.2) is 0 Å². The number of imide groups is 2. The fourth-order valence-electron chi connectivity index (χ4n) is 3.37. The first-order valence-corrected chi connectivity index (χ1v) is 10.4. The Bertz CT molecular complexity index is 1360. The largest absolute Gasteiger partial charge is 0.492 e. The number of carbonyl (C=O) groups is 4. The SMILES string of the molecule is CCOc1ccccc1N1C(=O)NC(=O)/C(=C/c2ccc(-c3ccc(Cl)c(C(=O)O)c3)o2)C1=O. The van der Waals surface area contributed by atoms with E-state index in [-0.39, 0.29) is 27.6 Å². The maximum absolute atomic E-state index is 13.1. The number of urea groups is 1. The lowest BCUT2D eigenvalue weighted by molar-refractivity contribution is -0.122. The van der Waals surface area contributed by atoms with Gasteiger partial charge in [0.25, 0.3) is 11.8 Å². The number of hydrogen-bond donors (Lipinski definition) is 2. The van der Waals surface area contributed by atoms with Crippen molar-refractivity contribution < 1.29 is 33.4 Å². The number of furan rings is 1. The quantitative estimate of drug-likeness (QED) is 0.396. The van der Waals surface area contributed by atoms with Crippen molar-refractivity contribution in [2.45, 2.75) is 6.92 Å². The molecule has 34 heavy (non-hydrogen) atoms. The average Bonchev–Trinajstić information content (AvgIpc) is 3.26. The second-order valence-electron chi connectivity index (χ2n) is 7.06. The van der Waals surface area contributed by atoms with Crippen LogP contribution >= 0.6 is 11.6 Å². The third kappa shape index (κ3) is 4.28. The molecule has 172 valence electrons. The maximum Gasteiger partial charge on any atom is 0.337 e. The number of nitrogens with zero attached hydrogens (tertiary/aromatic N) is 1. The normalized spacial score (nSPS) is 14.9. The number of aromatic carboxylic acids is 1. The molecule has 2 heterocycles. The van der Waals surface area contributed by atoms with E-state index in [2.05, 4.69) is 5.32 Å². The zero-order valence-electron chi connectivity index (χ0n) is 17.7. The minimum absolute atomic E-state index is 0.0757. The molecule has 1 aliphatic rings. The number of carboxylic acid groups (broad SMARTS) is 1. The fraction of sp³-hybridized carbons (Fsp3) is 0.0833. The van der Waals surface area contributed by atoms with Crippen LogP contribution in [0.15, 0.2) is 64.6 Å². The third-order valence-electron chi connectivity index (χ3n) is 4.90. The molecule has 0 unspecified atom stereocenters. The summed E-state index contributed by atoms with van der Waals surface area (Å²) in [7, 11) is 0. The molecule has 1 fully saturated rings. The van der Waals surface area contributed by atoms with Gasteiger partial charge in [0, 0.05) is 5.56 Å². The highest BCUT2D eigenvalue weighted by Gasteiger charge is 2.38. The molecule has 0 atom stereocenters. The molecule has 4 amide bonds. The molecule has 0 radical (unpaired) electrons. The number of rotatable bonds is 6. The summed E-state index contributed by atoms with van der Waals surface area (Å²) in [6, 6.07) is 13.0. The Kier molecular flexibility index (Phi) is 6.20. The summed E-state index contributed by atoms with van der Waals surface area (Å²) < 4.78 is 11.2. The van der Waals surface area contributed by atoms with Gasteiger partial charge in [-0.05, 0) is 55.5 Å². The van der Waals surface area contributed by atoms with Gasteiger partial charge in [-0.3, -0.25) is 14.9 Å². The van der Waals surface area contributed by atoms with E-state index in [1.165, 1.54) is 30.3 Å². The first-order valence-electron chi connectivity index (χ1n) is 10.1. The lowest BCUT2D eigenvalue weighted by Crippen LogP contribution is -2.54. The maximum atomic E-state index is 13.1. The van der Waals surface area contributed by atoms with Crippen LogP contribution in [0.3, 0.4) is 0 Å². The van der Waals surface area contributed by atoms with Crippen LogP contribution in [0.25, 0.3) is 17.4 Å². The number of ether oxygens (including phenoxy) is 1. The van der Waals surface area contributed by atoms with Crippen LogP contribution in [0.2, 0.25) is 5.02 Å². The Morgan fingerprint density at radius 2 is 1.91 bits per heavy atom. The molecule has 0 spiro atoms. The van der Waals surface area contributed by atoms with Crippen LogP contribution < -0.4 is 15.0 Å². The highest BCUT2D eigenvalue weighted by atomic mass is 35.5. The van der Waals surface area contributed by atoms with Gasteiger partial charge in [-0.2, -0.15) is 0 Å². The monoisotopic (exact) mass is 480 g/mol. The van der Waals surface area contributed by atoms with Crippen LogP contribution in [-0.2, 0) is 9.59 Å². The summed E-state index contributed by atoms with van der Waals surface area (Å²) in [6.07, 6.45) is 1.21. The molecule has 1 saturated heterocycles. The van der Waals surface area contributed by atoms with Gasteiger partial charge in [0.05, 0.1) is 22.9 Å². The van der Waals surface area contributed by atoms with Gasteiger partial charge in [-0.25, -0.2) is 14.5 Å². The predicted octanol–water partition coefficient (Wildman–Crippen LogP) is 4.36. The molecule has 1 aliphatic heterocycles. The van der Waals surface area contributed by atoms with Crippen molar-refractivity contribution in [3.05, 3.63) is 76.5 Å². The van der Waals surface area contributed by atoms with Crippen molar-refractivity contribution in [3.8, 4) is 17.1 Å². The number of barbiturate groups is 1. The number of nitrogens with one attached hydrogen (secondary N) is 1. The zero-order valence-corrected chi connectivity index (χ0v) is 18.5. The lowest BCUT2D eigenvalue weighted by Gasteiger charge is -2.27. The molecule has 0 aliphatic carbocycles. The van der Waals surface area contributed by atoms with E-state index in [0.29, 0.717) is 23.7 Å². The summed E-state index contributed by atoms with van der Waals surface area (Å²) in [4.78, 5) is 50.2. The van der Waals surface area contributed by atoms with E-state index < -0.39 is 23.8 Å². The first-order chi connectivity index (χ1) is 16.3. The van der Waals surface area contributed by atoms with Gasteiger partial charge < -0.3 is 14.3 Å². The van der Waals surface area contributed by atoms with E-state index in [9.17, 15) is 24.3 Å². The van der Waals surface area contributed by atoms with Crippen molar-refractivity contribution in [2.24, 2.45) is 0 Å². The molecule has 3 aromatic rings. The van der Waals surface area contributed by atoms with E-state index in [0.717, 1.165) is 4.90 Å². The average molecular weight is 481 g/mol. The van der Waals surface area contributed by atoms with Gasteiger partial charge >= 0.3 is 12.0 Å². The minimum atomic E-state index is -1.19. The first kappa shape index (κ1) is 22.8. The molecule has 0 bridgehead atoms. The van der Waals surface area contributed by atoms with Gasteiger partial charge in [-0.1, -0.05) is 23.7 Å². The van der Waals surface area contributed by atoms with E-state index in [1.54, 1.807) is 37.3 Å². The van der Waals surface area contributed by atoms with Crippen molar-refractivity contribution in [3.63, 3.8) is 0 Å². The lowest BCUT2D eigenvalue weighted by atomic mass is 10.1. The predicted molar refractivity (Wildman–Crippen MR) is 123 cm³/mol. The standard InChI is InChI=1S/C24H17ClN2O7/c1-2-33-20-6-4-3-5-18(20)27-22(29)16(21(28)26-24(27)32)12-14-8-10-19(34-14)13-7-9-17(25)15(11-13)23(30)31/h3-12H,2H2,1H3,(H,30,31)(H,26,28,32)/b16-12-. The number of halogens is 1. The Balaban J connectivity index is 1.69. The minimum Gasteiger partial charge on any atom is -0.492 e. The molecule has 2 aromatic carbocycles. The van der Waals surface area contributed by atoms with Crippen molar-refractivity contribution in [2.75, 3.05) is 11.5 Å². The molecular weight excluding hydrogens is 464 g/mol. The van der Waals surface area contributed by atoms with Gasteiger partial charge in [0.1, 0.15) is 22.8 Å². The van der Waals surface area contributed by atoms with E-state index in [4.69, 9.17) is 20.8 Å². The Morgan fingerprint density at radius 3 is 2.65 bits per heavy atom. The van der Waals surface area contributed by atoms with Gasteiger partial charge in [-0.15, -0.1) is 0 Å². The second kappa shape index (κ2) is 9.24. The number of carbonyl (C=O) groups excluding carboxylic acids is 3. The molecule has 1 aromatic heterocycles. The molecule has 4 rings (SSSR count). The molecule has 10 heteroatoms. The molecule has 9 nitrogen and oxygen atoms in total. The van der Waals surface area contributed by atoms with Gasteiger partial charge in [0.2, 0.25) is 0 Å². The highest BCUT2D eigenvalue weighted by Crippen LogP contribution is 2.32. The van der Waals surface area contributed by atoms with Crippen LogP contribution in [-0.4, -0.2) is 35.5 Å². The number of carboxylic acids is 1. The highest BCUT2D eigenvalue weighted by molar-refractivity contribution is 6.39. The number of para-hydroxylation sites is 2. The third-order valence-corrected chi connectivity index (χ3v) is 5.23. The number of amides is 4. The van der Waals surface area contributed by atoms with E-state index >= 15 is 0 Å². The fourth-order valence-corrected chi connectivity index (χ4v) is 3.56. The van der Waals surface area contributed by atoms with Crippen LogP contribution in [0.1, 0.15) is 23.0 Å². The summed E-state index contributed by atoms with van der Waals surface area (Å²) in [5.74, 6) is -2.17. The van der Waals surface area contributed by atoms with Crippen molar-refractivity contribution >= 4 is 47.2 Å². The Hall–Kier alpha value is -4.37. The number of hydrogen-bond acceptors (Lipinski definition) is 6. The van der Waals surface area contributed by atoms with Crippen LogP contribution in [0, 0.1) is 0 Å². The second-order valence-corrected chi connectivity index (χ2v) is 7.47. The Labute approximate surface area is 198 Å². The summed E-state index contributed by atoms with van der Waals surface area (Å²) in [5, 5.41) is 11.5. The molecular formula is C24H17ClN2O7. The van der Waals surface area contributed by atoms with Crippen molar-refractivity contribution in [1.82, 2.24) is 5.32 Å². The smallest absolute Gasteiger partial charge is 0.337 e. The van der Waals surface area contributed by atoms with Crippen LogP contribution in [0.4, 0.5) is 10.5 Å². The van der Waals surface area contributed by atoms with Crippen LogP contribution in [0.5, 0.6) is 5.75 Å². The molecule has 2 N–H and O–H groups in total. The summed E-state index contributed by atoms with van der Waals surface area (Å²) in [5.41, 5.74) is 0.203. The summed E-state index contributed by atoms with van der Waals surface area (Å²) >= 11 is 5.91. The zero-order chi connectivity index (χ0) is 24.4. The number of benzene rings is 2. The van der Waals surface area contributed by atoms with Crippen molar-refractivity contribution in [1.29, 1.82) is 0 Å². The number of anilines is 1. The topological polar surface area (TPSA) is 126 Å². The molecule has 0 saturated carbocycles.